The largest absolute Gasteiger partial charge is 0.312 e. The van der Waals surface area contributed by atoms with Crippen molar-refractivity contribution in [1.29, 1.82) is 0 Å². The molecule has 1 aromatic heterocycles. The van der Waals surface area contributed by atoms with Crippen molar-refractivity contribution in [2.45, 2.75) is 26.8 Å². The first-order valence-electron chi connectivity index (χ1n) is 4.26. The molecule has 0 aliphatic rings. The minimum Gasteiger partial charge on any atom is -0.312 e. The molecule has 1 rings (SSSR count). The van der Waals surface area contributed by atoms with E-state index in [1.807, 2.05) is 13.8 Å². The molecule has 70 valence electrons. The molecule has 0 aliphatic carbocycles. The van der Waals surface area contributed by atoms with Gasteiger partial charge in [0.25, 0.3) is 5.56 Å². The maximum atomic E-state index is 11.6. The fourth-order valence-electron chi connectivity index (χ4n) is 1.18. The number of hydrogen-bond donors (Lipinski definition) is 0. The van der Waals surface area contributed by atoms with Gasteiger partial charge in [0.2, 0.25) is 0 Å². The highest BCUT2D eigenvalue weighted by atomic mass is 16.1. The van der Waals surface area contributed by atoms with Gasteiger partial charge in [-0.15, -0.1) is 0 Å². The molecular weight excluding hydrogens is 166 g/mol. The maximum Gasteiger partial charge on any atom is 0.261 e. The van der Waals surface area contributed by atoms with Gasteiger partial charge in [-0.2, -0.15) is 0 Å². The van der Waals surface area contributed by atoms with E-state index in [9.17, 15) is 9.59 Å². The number of ketones is 1. The fourth-order valence-corrected chi connectivity index (χ4v) is 1.18. The van der Waals surface area contributed by atoms with Crippen LogP contribution in [0.2, 0.25) is 0 Å². The molecule has 3 nitrogen and oxygen atoms in total. The standard InChI is InChI=1S/C10H13NO2/c1-7(2)11-6-4-5-9(8(3)12)10(11)13/h4-7H,1-3H3. The van der Waals surface area contributed by atoms with Gasteiger partial charge in [-0.3, -0.25) is 9.59 Å². The third kappa shape index (κ3) is 1.86. The van der Waals surface area contributed by atoms with Gasteiger partial charge in [-0.1, -0.05) is 0 Å². The topological polar surface area (TPSA) is 39.1 Å². The third-order valence-electron chi connectivity index (χ3n) is 1.91. The van der Waals surface area contributed by atoms with E-state index < -0.39 is 0 Å². The van der Waals surface area contributed by atoms with Gasteiger partial charge in [0, 0.05) is 12.2 Å². The van der Waals surface area contributed by atoms with Crippen molar-refractivity contribution in [3.05, 3.63) is 34.2 Å². The second-order valence-corrected chi connectivity index (χ2v) is 3.28. The minimum atomic E-state index is -0.204. The Morgan fingerprint density at radius 1 is 1.46 bits per heavy atom. The first kappa shape index (κ1) is 9.71. The summed E-state index contributed by atoms with van der Waals surface area (Å²) >= 11 is 0. The highest BCUT2D eigenvalue weighted by molar-refractivity contribution is 5.93. The number of Topliss-reactive ketones (excluding diaryl/α,β-unsaturated/α-hetero) is 1. The molecule has 0 radical (unpaired) electrons. The molecule has 0 N–H and O–H groups in total. The lowest BCUT2D eigenvalue weighted by Gasteiger charge is -2.09. The van der Waals surface area contributed by atoms with Crippen LogP contribution in [-0.2, 0) is 0 Å². The molecule has 0 bridgehead atoms. The Morgan fingerprint density at radius 3 is 2.54 bits per heavy atom. The molecule has 0 amide bonds. The van der Waals surface area contributed by atoms with Crippen LogP contribution in [0.1, 0.15) is 37.2 Å². The van der Waals surface area contributed by atoms with Crippen LogP contribution in [0.4, 0.5) is 0 Å². The summed E-state index contributed by atoms with van der Waals surface area (Å²) in [5.41, 5.74) is 0.0567. The van der Waals surface area contributed by atoms with Crippen molar-refractivity contribution in [2.75, 3.05) is 0 Å². The predicted octanol–water partition coefficient (Wildman–Crippen LogP) is 1.63. The summed E-state index contributed by atoms with van der Waals surface area (Å²) in [6.45, 7) is 5.22. The number of nitrogens with zero attached hydrogens (tertiary/aromatic N) is 1. The van der Waals surface area contributed by atoms with Crippen LogP contribution in [0, 0.1) is 0 Å². The zero-order valence-electron chi connectivity index (χ0n) is 8.07. The van der Waals surface area contributed by atoms with E-state index >= 15 is 0 Å². The Hall–Kier alpha value is -1.38. The van der Waals surface area contributed by atoms with E-state index in [0.717, 1.165) is 0 Å². The van der Waals surface area contributed by atoms with E-state index in [4.69, 9.17) is 0 Å². The van der Waals surface area contributed by atoms with Crippen molar-refractivity contribution < 1.29 is 4.79 Å². The molecule has 0 aliphatic heterocycles. The minimum absolute atomic E-state index is 0.0896. The van der Waals surface area contributed by atoms with E-state index in [2.05, 4.69) is 0 Å². The quantitative estimate of drug-likeness (QED) is 0.647. The SMILES string of the molecule is CC(=O)c1cccn(C(C)C)c1=O. The highest BCUT2D eigenvalue weighted by Crippen LogP contribution is 2.01. The summed E-state index contributed by atoms with van der Waals surface area (Å²) in [4.78, 5) is 22.6. The average Bonchev–Trinajstić information content (AvgIpc) is 2.03. The lowest BCUT2D eigenvalue weighted by atomic mass is 10.2. The van der Waals surface area contributed by atoms with Crippen molar-refractivity contribution in [3.63, 3.8) is 0 Å². The lowest BCUT2D eigenvalue weighted by Crippen LogP contribution is -2.26. The number of rotatable bonds is 2. The Bertz CT molecular complexity index is 377. The zero-order valence-corrected chi connectivity index (χ0v) is 8.07. The number of pyridine rings is 1. The van der Waals surface area contributed by atoms with Crippen LogP contribution >= 0.6 is 0 Å². The Labute approximate surface area is 77.0 Å². The Balaban J connectivity index is 3.36. The molecule has 0 saturated heterocycles. The summed E-state index contributed by atoms with van der Waals surface area (Å²) in [5, 5.41) is 0. The number of carbonyl (C=O) groups excluding carboxylic acids is 1. The van der Waals surface area contributed by atoms with Crippen molar-refractivity contribution in [3.8, 4) is 0 Å². The monoisotopic (exact) mass is 179 g/mol. The molecule has 3 heteroatoms. The Morgan fingerprint density at radius 2 is 2.08 bits per heavy atom. The first-order chi connectivity index (χ1) is 6.04. The molecule has 0 saturated carbocycles. The summed E-state index contributed by atoms with van der Waals surface area (Å²) in [6.07, 6.45) is 1.69. The number of carbonyl (C=O) groups is 1. The van der Waals surface area contributed by atoms with Crippen molar-refractivity contribution in [2.24, 2.45) is 0 Å². The van der Waals surface area contributed by atoms with Crippen LogP contribution in [-0.4, -0.2) is 10.4 Å². The molecule has 0 spiro atoms. The smallest absolute Gasteiger partial charge is 0.261 e. The molecule has 0 unspecified atom stereocenters. The third-order valence-corrected chi connectivity index (χ3v) is 1.91. The second-order valence-electron chi connectivity index (χ2n) is 3.28. The van der Waals surface area contributed by atoms with Gasteiger partial charge in [-0.05, 0) is 32.9 Å². The molecular formula is C10H13NO2. The maximum absolute atomic E-state index is 11.6. The van der Waals surface area contributed by atoms with E-state index in [-0.39, 0.29) is 22.9 Å². The normalized spacial score (nSPS) is 10.5. The summed E-state index contributed by atoms with van der Waals surface area (Å²) in [6, 6.07) is 3.37. The van der Waals surface area contributed by atoms with E-state index in [1.165, 1.54) is 6.92 Å². The van der Waals surface area contributed by atoms with E-state index in [0.29, 0.717) is 0 Å². The van der Waals surface area contributed by atoms with Crippen LogP contribution in [0.25, 0.3) is 0 Å². The zero-order chi connectivity index (χ0) is 10.0. The fraction of sp³-hybridized carbons (Fsp3) is 0.400. The van der Waals surface area contributed by atoms with Crippen molar-refractivity contribution >= 4 is 5.78 Å². The summed E-state index contributed by atoms with van der Waals surface area (Å²) < 4.78 is 1.55. The van der Waals surface area contributed by atoms with Gasteiger partial charge in [0.1, 0.15) is 0 Å². The molecule has 0 fully saturated rings. The Kier molecular flexibility index (Phi) is 2.66. The van der Waals surface area contributed by atoms with Gasteiger partial charge >= 0.3 is 0 Å². The van der Waals surface area contributed by atoms with Crippen LogP contribution in [0.15, 0.2) is 23.1 Å². The van der Waals surface area contributed by atoms with Gasteiger partial charge in [0.15, 0.2) is 5.78 Å². The van der Waals surface area contributed by atoms with Crippen LogP contribution in [0.3, 0.4) is 0 Å². The van der Waals surface area contributed by atoms with Gasteiger partial charge in [0.05, 0.1) is 5.56 Å². The molecule has 1 heterocycles. The summed E-state index contributed by atoms with van der Waals surface area (Å²) in [5.74, 6) is -0.181. The second kappa shape index (κ2) is 3.56. The van der Waals surface area contributed by atoms with Crippen LogP contribution in [0.5, 0.6) is 0 Å². The molecule has 0 atom stereocenters. The summed E-state index contributed by atoms with van der Waals surface area (Å²) in [7, 11) is 0. The first-order valence-corrected chi connectivity index (χ1v) is 4.26. The number of aromatic nitrogens is 1. The van der Waals surface area contributed by atoms with Gasteiger partial charge in [-0.25, -0.2) is 0 Å². The lowest BCUT2D eigenvalue weighted by molar-refractivity contribution is 0.101. The predicted molar refractivity (Wildman–Crippen MR) is 51.1 cm³/mol. The molecule has 1 aromatic rings. The van der Waals surface area contributed by atoms with Crippen LogP contribution < -0.4 is 5.56 Å². The highest BCUT2D eigenvalue weighted by Gasteiger charge is 2.08. The number of hydrogen-bond acceptors (Lipinski definition) is 2. The van der Waals surface area contributed by atoms with Gasteiger partial charge < -0.3 is 4.57 Å². The molecule has 13 heavy (non-hydrogen) atoms. The van der Waals surface area contributed by atoms with Crippen molar-refractivity contribution in [1.82, 2.24) is 4.57 Å². The molecule has 0 aromatic carbocycles. The van der Waals surface area contributed by atoms with E-state index in [1.54, 1.807) is 22.9 Å². The average molecular weight is 179 g/mol.